The van der Waals surface area contributed by atoms with Crippen LogP contribution in [0.5, 0.6) is 0 Å². The summed E-state index contributed by atoms with van der Waals surface area (Å²) in [5, 5.41) is 26.4. The highest BCUT2D eigenvalue weighted by Gasteiger charge is 2.59. The molecule has 4 atom stereocenters. The van der Waals surface area contributed by atoms with Gasteiger partial charge in [0.1, 0.15) is 12.2 Å². The maximum Gasteiger partial charge on any atom is 0.281 e. The maximum absolute atomic E-state index is 12.7. The number of aliphatic hydroxyl groups excluding tert-OH is 3. The van der Waals surface area contributed by atoms with Crippen LogP contribution in [-0.2, 0) is 0 Å². The third-order valence-corrected chi connectivity index (χ3v) is 2.19. The Morgan fingerprint density at radius 3 is 1.64 bits per heavy atom. The zero-order chi connectivity index (χ0) is 8.81. The van der Waals surface area contributed by atoms with Gasteiger partial charge in [0, 0.05) is 0 Å². The molecule has 1 rings (SSSR count). The molecule has 1 aliphatic carbocycles. The lowest BCUT2D eigenvalue weighted by molar-refractivity contribution is -0.130. The van der Waals surface area contributed by atoms with Crippen LogP contribution in [0.25, 0.3) is 0 Å². The van der Waals surface area contributed by atoms with Gasteiger partial charge >= 0.3 is 0 Å². The van der Waals surface area contributed by atoms with Crippen LogP contribution >= 0.6 is 0 Å². The molecule has 0 heterocycles. The summed E-state index contributed by atoms with van der Waals surface area (Å²) in [6.45, 7) is 1.09. The van der Waals surface area contributed by atoms with Crippen molar-refractivity contribution in [3.63, 3.8) is 0 Å². The van der Waals surface area contributed by atoms with Crippen LogP contribution in [0.2, 0.25) is 0 Å². The number of alkyl halides is 2. The number of halogens is 2. The van der Waals surface area contributed by atoms with Crippen LogP contribution in [0.15, 0.2) is 0 Å². The average molecular weight is 168 g/mol. The first-order valence-electron chi connectivity index (χ1n) is 3.31. The van der Waals surface area contributed by atoms with E-state index in [1.54, 1.807) is 0 Å². The Bertz CT molecular complexity index is 146. The first-order valence-corrected chi connectivity index (χ1v) is 3.31. The van der Waals surface area contributed by atoms with E-state index in [2.05, 4.69) is 0 Å². The third kappa shape index (κ3) is 1.04. The second kappa shape index (κ2) is 2.36. The number of aliphatic hydroxyl groups is 3. The minimum Gasteiger partial charge on any atom is -0.390 e. The first-order chi connectivity index (χ1) is 4.89. The number of rotatable bonds is 0. The summed E-state index contributed by atoms with van der Waals surface area (Å²) >= 11 is 0. The van der Waals surface area contributed by atoms with Gasteiger partial charge in [-0.1, -0.05) is 6.92 Å². The van der Waals surface area contributed by atoms with E-state index in [9.17, 15) is 8.78 Å². The highest BCUT2D eigenvalue weighted by molar-refractivity contribution is 5.01. The van der Waals surface area contributed by atoms with E-state index in [0.29, 0.717) is 0 Å². The second-order valence-corrected chi connectivity index (χ2v) is 2.89. The van der Waals surface area contributed by atoms with Crippen LogP contribution in [0.1, 0.15) is 6.92 Å². The molecule has 0 unspecified atom stereocenters. The lowest BCUT2D eigenvalue weighted by Gasteiger charge is -2.17. The van der Waals surface area contributed by atoms with E-state index in [4.69, 9.17) is 15.3 Å². The van der Waals surface area contributed by atoms with Gasteiger partial charge < -0.3 is 15.3 Å². The van der Waals surface area contributed by atoms with Crippen molar-refractivity contribution in [2.45, 2.75) is 31.2 Å². The van der Waals surface area contributed by atoms with Crippen molar-refractivity contribution in [1.82, 2.24) is 0 Å². The molecule has 1 fully saturated rings. The molecule has 5 heteroatoms. The van der Waals surface area contributed by atoms with Crippen molar-refractivity contribution in [2.24, 2.45) is 5.92 Å². The molecule has 3 N–H and O–H groups in total. The van der Waals surface area contributed by atoms with Gasteiger partial charge in [0.25, 0.3) is 5.92 Å². The molecule has 0 aromatic rings. The molecule has 0 saturated heterocycles. The Labute approximate surface area is 62.3 Å². The molecule has 1 aliphatic rings. The second-order valence-electron chi connectivity index (χ2n) is 2.89. The largest absolute Gasteiger partial charge is 0.390 e. The third-order valence-electron chi connectivity index (χ3n) is 2.19. The average Bonchev–Trinajstić information content (AvgIpc) is 2.06. The normalized spacial score (nSPS) is 49.6. The summed E-state index contributed by atoms with van der Waals surface area (Å²) in [6.07, 6.45) is -5.42. The van der Waals surface area contributed by atoms with Crippen molar-refractivity contribution in [2.75, 3.05) is 0 Å². The van der Waals surface area contributed by atoms with Gasteiger partial charge in [-0.3, -0.25) is 0 Å². The Hall–Kier alpha value is -0.260. The summed E-state index contributed by atoms with van der Waals surface area (Å²) < 4.78 is 25.3. The summed E-state index contributed by atoms with van der Waals surface area (Å²) in [6, 6.07) is 0. The minimum atomic E-state index is -3.39. The molecule has 0 aromatic heterocycles. The first kappa shape index (κ1) is 8.83. The van der Waals surface area contributed by atoms with Gasteiger partial charge in [-0.05, 0) is 0 Å². The van der Waals surface area contributed by atoms with Crippen LogP contribution in [0.3, 0.4) is 0 Å². The van der Waals surface area contributed by atoms with Gasteiger partial charge in [-0.2, -0.15) is 0 Å². The lowest BCUT2D eigenvalue weighted by Crippen LogP contribution is -2.36. The van der Waals surface area contributed by atoms with E-state index in [-0.39, 0.29) is 0 Å². The molecule has 66 valence electrons. The van der Waals surface area contributed by atoms with Crippen molar-refractivity contribution in [3.05, 3.63) is 0 Å². The predicted molar refractivity (Wildman–Crippen MR) is 32.1 cm³/mol. The van der Waals surface area contributed by atoms with Crippen LogP contribution < -0.4 is 0 Å². The summed E-state index contributed by atoms with van der Waals surface area (Å²) in [5.41, 5.74) is 0. The Balaban J connectivity index is 2.87. The highest BCUT2D eigenvalue weighted by Crippen LogP contribution is 2.40. The highest BCUT2D eigenvalue weighted by atomic mass is 19.3. The standard InChI is InChI=1S/C6H10F2O3/c1-2-3(9)4(10)5(11)6(2,7)8/h2-5,9-11H,1H3/t2-,3-,4+,5-/m1/s1. The van der Waals surface area contributed by atoms with E-state index in [1.807, 2.05) is 0 Å². The smallest absolute Gasteiger partial charge is 0.281 e. The molecule has 11 heavy (non-hydrogen) atoms. The molecule has 3 nitrogen and oxygen atoms in total. The van der Waals surface area contributed by atoms with E-state index in [1.165, 1.54) is 0 Å². The van der Waals surface area contributed by atoms with E-state index < -0.39 is 30.2 Å². The zero-order valence-corrected chi connectivity index (χ0v) is 5.91. The Morgan fingerprint density at radius 2 is 1.55 bits per heavy atom. The molecular formula is C6H10F2O3. The molecule has 0 amide bonds. The van der Waals surface area contributed by atoms with Crippen LogP contribution in [-0.4, -0.2) is 39.6 Å². The van der Waals surface area contributed by atoms with Gasteiger partial charge in [0.2, 0.25) is 0 Å². The van der Waals surface area contributed by atoms with Crippen molar-refractivity contribution >= 4 is 0 Å². The quantitative estimate of drug-likeness (QED) is 0.450. The Kier molecular flexibility index (Phi) is 1.90. The fraction of sp³-hybridized carbons (Fsp3) is 1.00. The summed E-state index contributed by atoms with van der Waals surface area (Å²) in [7, 11) is 0. The maximum atomic E-state index is 12.7. The lowest BCUT2D eigenvalue weighted by atomic mass is 10.1. The van der Waals surface area contributed by atoms with Crippen molar-refractivity contribution in [1.29, 1.82) is 0 Å². The summed E-state index contributed by atoms with van der Waals surface area (Å²) in [4.78, 5) is 0. The van der Waals surface area contributed by atoms with Crippen molar-refractivity contribution < 1.29 is 24.1 Å². The molecule has 0 aliphatic heterocycles. The zero-order valence-electron chi connectivity index (χ0n) is 5.91. The predicted octanol–water partition coefficient (Wildman–Crippen LogP) is -0.646. The van der Waals surface area contributed by atoms with Gasteiger partial charge in [0.15, 0.2) is 0 Å². The van der Waals surface area contributed by atoms with Gasteiger partial charge in [-0.15, -0.1) is 0 Å². The number of hydrogen-bond acceptors (Lipinski definition) is 3. The molecule has 1 saturated carbocycles. The van der Waals surface area contributed by atoms with E-state index >= 15 is 0 Å². The van der Waals surface area contributed by atoms with Crippen LogP contribution in [0.4, 0.5) is 8.78 Å². The molecule has 0 spiro atoms. The van der Waals surface area contributed by atoms with Crippen LogP contribution in [0, 0.1) is 5.92 Å². The molecular weight excluding hydrogens is 158 g/mol. The number of hydrogen-bond donors (Lipinski definition) is 3. The Morgan fingerprint density at radius 1 is 1.09 bits per heavy atom. The molecule has 0 aromatic carbocycles. The molecule has 0 radical (unpaired) electrons. The molecule has 0 bridgehead atoms. The van der Waals surface area contributed by atoms with E-state index in [0.717, 1.165) is 6.92 Å². The topological polar surface area (TPSA) is 60.7 Å². The monoisotopic (exact) mass is 168 g/mol. The van der Waals surface area contributed by atoms with Gasteiger partial charge in [-0.25, -0.2) is 8.78 Å². The van der Waals surface area contributed by atoms with Gasteiger partial charge in [0.05, 0.1) is 12.0 Å². The minimum absolute atomic E-state index is 1.09. The SMILES string of the molecule is C[C@@H]1[C@@H](O)[C@H](O)[C@@H](O)C1(F)F. The fourth-order valence-electron chi connectivity index (χ4n) is 1.21. The fourth-order valence-corrected chi connectivity index (χ4v) is 1.21. The van der Waals surface area contributed by atoms with Crippen molar-refractivity contribution in [3.8, 4) is 0 Å². The summed E-state index contributed by atoms with van der Waals surface area (Å²) in [5.74, 6) is -4.79.